The molecule has 0 radical (unpaired) electrons. The number of carboxylic acid groups (broad SMARTS) is 1. The van der Waals surface area contributed by atoms with Crippen molar-refractivity contribution in [1.82, 2.24) is 0 Å². The van der Waals surface area contributed by atoms with Crippen molar-refractivity contribution < 1.29 is 19.8 Å². The van der Waals surface area contributed by atoms with Gasteiger partial charge in [0.1, 0.15) is 0 Å². The molecule has 3 fully saturated rings. The second kappa shape index (κ2) is 5.19. The highest BCUT2D eigenvalue weighted by atomic mass is 16.4. The van der Waals surface area contributed by atoms with Crippen molar-refractivity contribution >= 4 is 11.8 Å². The van der Waals surface area contributed by atoms with E-state index in [1.807, 2.05) is 6.08 Å². The van der Waals surface area contributed by atoms with Crippen LogP contribution in [-0.4, -0.2) is 27.6 Å². The molecule has 0 amide bonds. The number of carbonyl (C=O) groups excluding carboxylic acids is 1. The van der Waals surface area contributed by atoms with Gasteiger partial charge in [0, 0.05) is 17.9 Å². The molecule has 0 spiro atoms. The zero-order valence-electron chi connectivity index (χ0n) is 15.1. The van der Waals surface area contributed by atoms with Gasteiger partial charge >= 0.3 is 5.97 Å². The van der Waals surface area contributed by atoms with Gasteiger partial charge in [-0.15, -0.1) is 0 Å². The third-order valence-electron chi connectivity index (χ3n) is 8.39. The Kier molecular flexibility index (Phi) is 3.29. The van der Waals surface area contributed by atoms with Crippen LogP contribution in [-0.2, 0) is 9.59 Å². The predicted octanol–water partition coefficient (Wildman–Crippen LogP) is 3.13. The number of aliphatic carboxylic acids is 1. The summed E-state index contributed by atoms with van der Waals surface area (Å²) in [4.78, 5) is 22.8. The van der Waals surface area contributed by atoms with Crippen LogP contribution in [0.25, 0.3) is 0 Å². The van der Waals surface area contributed by atoms with Crippen LogP contribution in [0.15, 0.2) is 36.0 Å². The van der Waals surface area contributed by atoms with Crippen molar-refractivity contribution in [3.8, 4) is 0 Å². The summed E-state index contributed by atoms with van der Waals surface area (Å²) in [5, 5.41) is 20.6. The molecule has 0 heterocycles. The van der Waals surface area contributed by atoms with Crippen molar-refractivity contribution in [2.24, 2.45) is 40.9 Å². The molecule has 0 aliphatic heterocycles. The Bertz CT molecular complexity index is 777. The van der Waals surface area contributed by atoms with Gasteiger partial charge in [-0.1, -0.05) is 19.1 Å². The number of carboxylic acids is 1. The molecule has 4 heteroatoms. The fourth-order valence-corrected chi connectivity index (χ4v) is 7.21. The summed E-state index contributed by atoms with van der Waals surface area (Å²) in [7, 11) is 0. The van der Waals surface area contributed by atoms with Crippen LogP contribution in [0, 0.1) is 40.9 Å². The molecule has 8 atom stereocenters. The first-order valence-corrected chi connectivity index (χ1v) is 9.92. The Morgan fingerprint density at radius 1 is 1.31 bits per heavy atom. The maximum atomic E-state index is 11.8. The molecule has 0 aromatic heterocycles. The lowest BCUT2D eigenvalue weighted by Gasteiger charge is -2.55. The van der Waals surface area contributed by atoms with Crippen molar-refractivity contribution in [3.05, 3.63) is 36.0 Å². The highest BCUT2D eigenvalue weighted by molar-refractivity contribution is 5.92. The molecule has 0 unspecified atom stereocenters. The third-order valence-corrected chi connectivity index (χ3v) is 8.39. The first kappa shape index (κ1) is 16.5. The van der Waals surface area contributed by atoms with Crippen LogP contribution in [0.4, 0.5) is 0 Å². The van der Waals surface area contributed by atoms with E-state index in [4.69, 9.17) is 5.11 Å². The highest BCUT2D eigenvalue weighted by Crippen LogP contribution is 2.75. The molecule has 0 saturated heterocycles. The molecule has 3 saturated carbocycles. The van der Waals surface area contributed by atoms with Crippen LogP contribution in [0.5, 0.6) is 0 Å². The van der Waals surface area contributed by atoms with Crippen LogP contribution in [0.1, 0.15) is 39.0 Å². The van der Waals surface area contributed by atoms with Crippen molar-refractivity contribution in [2.45, 2.75) is 44.6 Å². The van der Waals surface area contributed by atoms with Gasteiger partial charge < -0.3 is 10.2 Å². The average Bonchev–Trinajstić information content (AvgIpc) is 3.36. The highest BCUT2D eigenvalue weighted by Gasteiger charge is 2.74. The van der Waals surface area contributed by atoms with Crippen molar-refractivity contribution in [1.29, 1.82) is 0 Å². The molecule has 0 bridgehead atoms. The van der Waals surface area contributed by atoms with E-state index in [2.05, 4.69) is 19.1 Å². The molecule has 138 valence electrons. The Balaban J connectivity index is 1.52. The van der Waals surface area contributed by atoms with E-state index in [1.165, 1.54) is 5.57 Å². The van der Waals surface area contributed by atoms with Crippen molar-refractivity contribution in [2.75, 3.05) is 0 Å². The van der Waals surface area contributed by atoms with E-state index in [0.29, 0.717) is 36.0 Å². The SMILES string of the molecule is C[C@]12CC[C@H]3[C@@H](C=CC4=CC(=O)CC[C@@H]43)[C@@H]1[C@@H]1C[C@@H]1[C@@]2(O)/C=C\C(=O)O. The monoisotopic (exact) mass is 354 g/mol. The summed E-state index contributed by atoms with van der Waals surface area (Å²) < 4.78 is 0. The van der Waals surface area contributed by atoms with E-state index >= 15 is 0 Å². The van der Waals surface area contributed by atoms with Gasteiger partial charge in [0.05, 0.1) is 5.60 Å². The minimum absolute atomic E-state index is 0.199. The maximum Gasteiger partial charge on any atom is 0.328 e. The van der Waals surface area contributed by atoms with E-state index in [1.54, 1.807) is 6.08 Å². The van der Waals surface area contributed by atoms with Crippen LogP contribution in [0.2, 0.25) is 0 Å². The first-order valence-electron chi connectivity index (χ1n) is 9.92. The quantitative estimate of drug-likeness (QED) is 0.747. The van der Waals surface area contributed by atoms with E-state index in [0.717, 1.165) is 31.8 Å². The summed E-state index contributed by atoms with van der Waals surface area (Å²) in [5.41, 5.74) is -0.0560. The van der Waals surface area contributed by atoms with E-state index < -0.39 is 11.6 Å². The van der Waals surface area contributed by atoms with Crippen molar-refractivity contribution in [3.63, 3.8) is 0 Å². The molecule has 0 aromatic carbocycles. The number of rotatable bonds is 2. The molecule has 5 aliphatic carbocycles. The molecule has 0 aromatic rings. The summed E-state index contributed by atoms with van der Waals surface area (Å²) >= 11 is 0. The Morgan fingerprint density at radius 3 is 2.88 bits per heavy atom. The Hall–Kier alpha value is -1.68. The average molecular weight is 354 g/mol. The summed E-state index contributed by atoms with van der Waals surface area (Å²) in [6.45, 7) is 2.18. The Morgan fingerprint density at radius 2 is 2.12 bits per heavy atom. The third kappa shape index (κ3) is 1.99. The summed E-state index contributed by atoms with van der Waals surface area (Å²) in [5.74, 6) is 1.84. The van der Waals surface area contributed by atoms with Crippen LogP contribution < -0.4 is 0 Å². The lowest BCUT2D eigenvalue weighted by Crippen LogP contribution is -2.53. The molecule has 2 N–H and O–H groups in total. The standard InChI is InChI=1S/C22H26O4/c1-21-8-6-15-14-5-3-13(23)10-12(14)2-4-16(15)20(21)17-11-18(17)22(21,26)9-7-19(24)25/h2,4,7,9-10,14-18,20,26H,3,5-6,8,11H2,1H3,(H,24,25)/b9-7-/t14-,15+,16+,17+,18-,20+,21-,22-/m0/s1. The number of carbonyl (C=O) groups is 2. The number of aliphatic hydroxyl groups is 1. The van der Waals surface area contributed by atoms with E-state index in [-0.39, 0.29) is 17.1 Å². The van der Waals surface area contributed by atoms with Gasteiger partial charge in [-0.05, 0) is 78.9 Å². The van der Waals surface area contributed by atoms with Crippen LogP contribution >= 0.6 is 0 Å². The topological polar surface area (TPSA) is 74.6 Å². The zero-order valence-corrected chi connectivity index (χ0v) is 15.1. The molecule has 26 heavy (non-hydrogen) atoms. The number of hydrogen-bond donors (Lipinski definition) is 2. The lowest BCUT2D eigenvalue weighted by atomic mass is 9.50. The molecular weight excluding hydrogens is 328 g/mol. The fraction of sp³-hybridized carbons (Fsp3) is 0.636. The van der Waals surface area contributed by atoms with E-state index in [9.17, 15) is 14.7 Å². The largest absolute Gasteiger partial charge is 0.478 e. The molecular formula is C22H26O4. The van der Waals surface area contributed by atoms with Gasteiger partial charge in [0.25, 0.3) is 0 Å². The fourth-order valence-electron chi connectivity index (χ4n) is 7.21. The summed E-state index contributed by atoms with van der Waals surface area (Å²) in [6.07, 6.45) is 13.6. The van der Waals surface area contributed by atoms with Gasteiger partial charge in [-0.25, -0.2) is 4.79 Å². The minimum atomic E-state index is -1.00. The predicted molar refractivity (Wildman–Crippen MR) is 96.1 cm³/mol. The van der Waals surface area contributed by atoms with Gasteiger partial charge in [-0.2, -0.15) is 0 Å². The number of allylic oxidation sites excluding steroid dienone is 4. The minimum Gasteiger partial charge on any atom is -0.478 e. The zero-order chi connectivity index (χ0) is 18.3. The van der Waals surface area contributed by atoms with Gasteiger partial charge in [0.15, 0.2) is 5.78 Å². The smallest absolute Gasteiger partial charge is 0.328 e. The molecule has 4 nitrogen and oxygen atoms in total. The van der Waals surface area contributed by atoms with Gasteiger partial charge in [0.2, 0.25) is 0 Å². The first-order chi connectivity index (χ1) is 12.3. The summed E-state index contributed by atoms with van der Waals surface area (Å²) in [6, 6.07) is 0. The second-order valence-corrected chi connectivity index (χ2v) is 9.34. The normalized spacial score (nSPS) is 51.3. The molecule has 5 aliphatic rings. The Labute approximate surface area is 153 Å². The van der Waals surface area contributed by atoms with Gasteiger partial charge in [-0.3, -0.25) is 4.79 Å². The number of ketones is 1. The maximum absolute atomic E-state index is 11.8. The number of fused-ring (bicyclic) bond motifs is 7. The lowest BCUT2D eigenvalue weighted by molar-refractivity contribution is -0.132. The number of hydrogen-bond acceptors (Lipinski definition) is 3. The molecule has 5 rings (SSSR count). The second-order valence-electron chi connectivity index (χ2n) is 9.34. The van der Waals surface area contributed by atoms with Crippen LogP contribution in [0.3, 0.4) is 0 Å².